The number of ether oxygens (including phenoxy) is 1. The highest BCUT2D eigenvalue weighted by molar-refractivity contribution is 7.98. The number of hydrogen-bond acceptors (Lipinski definition) is 3. The lowest BCUT2D eigenvalue weighted by molar-refractivity contribution is -0.150. The molecule has 1 rings (SSSR count). The summed E-state index contributed by atoms with van der Waals surface area (Å²) in [7, 11) is 0. The summed E-state index contributed by atoms with van der Waals surface area (Å²) < 4.78 is 5.14. The maximum Gasteiger partial charge on any atom is 0.332 e. The Bertz CT molecular complexity index is 367. The molecule has 100 valence electrons. The van der Waals surface area contributed by atoms with Gasteiger partial charge in [-0.05, 0) is 36.8 Å². The van der Waals surface area contributed by atoms with Gasteiger partial charge in [0.15, 0.2) is 6.10 Å². The van der Waals surface area contributed by atoms with E-state index in [1.54, 1.807) is 18.7 Å². The average Bonchev–Trinajstić information content (AvgIpc) is 2.35. The van der Waals surface area contributed by atoms with Gasteiger partial charge in [-0.1, -0.05) is 23.7 Å². The first-order valence-electron chi connectivity index (χ1n) is 5.80. The van der Waals surface area contributed by atoms with Crippen LogP contribution < -0.4 is 0 Å². The summed E-state index contributed by atoms with van der Waals surface area (Å²) in [6.45, 7) is 2.23. The smallest absolute Gasteiger partial charge is 0.332 e. The van der Waals surface area contributed by atoms with Crippen molar-refractivity contribution in [2.75, 3.05) is 12.4 Å². The topological polar surface area (TPSA) is 46.5 Å². The third-order valence-corrected chi connectivity index (χ3v) is 3.66. The van der Waals surface area contributed by atoms with Gasteiger partial charge in [0, 0.05) is 17.4 Å². The number of aliphatic carboxylic acids is 1. The summed E-state index contributed by atoms with van der Waals surface area (Å²) in [5.41, 5.74) is 1.19. The summed E-state index contributed by atoms with van der Waals surface area (Å²) in [6.07, 6.45) is -0.158. The summed E-state index contributed by atoms with van der Waals surface area (Å²) in [5.74, 6) is 0.735. The Balaban J connectivity index is 2.25. The Morgan fingerprint density at radius 3 is 2.67 bits per heavy atom. The van der Waals surface area contributed by atoms with Gasteiger partial charge in [-0.3, -0.25) is 0 Å². The number of rotatable bonds is 8. The molecule has 0 radical (unpaired) electrons. The van der Waals surface area contributed by atoms with Gasteiger partial charge >= 0.3 is 5.97 Å². The number of hydrogen-bond donors (Lipinski definition) is 1. The number of carboxylic acids is 1. The van der Waals surface area contributed by atoms with Crippen LogP contribution in [0.1, 0.15) is 18.9 Å². The van der Waals surface area contributed by atoms with E-state index in [1.165, 1.54) is 5.56 Å². The predicted molar refractivity (Wildman–Crippen MR) is 75.3 cm³/mol. The second kappa shape index (κ2) is 8.40. The summed E-state index contributed by atoms with van der Waals surface area (Å²) in [6, 6.07) is 7.68. The molecule has 0 fully saturated rings. The lowest BCUT2D eigenvalue weighted by Crippen LogP contribution is -2.24. The van der Waals surface area contributed by atoms with Crippen molar-refractivity contribution in [2.24, 2.45) is 0 Å². The van der Waals surface area contributed by atoms with Crippen LogP contribution in [-0.4, -0.2) is 29.5 Å². The second-order valence-electron chi connectivity index (χ2n) is 3.75. The standard InChI is InChI=1S/C13H17ClO3S/c1-2-17-12(13(15)16)7-8-18-9-10-3-5-11(14)6-4-10/h3-6,12H,2,7-9H2,1H3,(H,15,16). The molecule has 0 bridgehead atoms. The van der Waals surface area contributed by atoms with E-state index >= 15 is 0 Å². The van der Waals surface area contributed by atoms with Gasteiger partial charge in [-0.25, -0.2) is 4.79 Å². The third-order valence-electron chi connectivity index (χ3n) is 2.35. The molecule has 0 spiro atoms. The molecular weight excluding hydrogens is 272 g/mol. The molecular formula is C13H17ClO3S. The van der Waals surface area contributed by atoms with Crippen LogP contribution >= 0.6 is 23.4 Å². The molecule has 5 heteroatoms. The van der Waals surface area contributed by atoms with Gasteiger partial charge < -0.3 is 9.84 Å². The minimum Gasteiger partial charge on any atom is -0.479 e. The van der Waals surface area contributed by atoms with Crippen molar-refractivity contribution < 1.29 is 14.6 Å². The fourth-order valence-electron chi connectivity index (χ4n) is 1.44. The van der Waals surface area contributed by atoms with Crippen molar-refractivity contribution in [1.82, 2.24) is 0 Å². The molecule has 1 N–H and O–H groups in total. The molecule has 0 saturated heterocycles. The molecule has 1 aromatic carbocycles. The minimum absolute atomic E-state index is 0.429. The predicted octanol–water partition coefficient (Wildman–Crippen LogP) is 3.45. The maximum atomic E-state index is 10.8. The molecule has 18 heavy (non-hydrogen) atoms. The molecule has 3 nitrogen and oxygen atoms in total. The Morgan fingerprint density at radius 1 is 1.44 bits per heavy atom. The Labute approximate surface area is 116 Å². The quantitative estimate of drug-likeness (QED) is 0.744. The van der Waals surface area contributed by atoms with Crippen molar-refractivity contribution in [1.29, 1.82) is 0 Å². The Morgan fingerprint density at radius 2 is 2.11 bits per heavy atom. The van der Waals surface area contributed by atoms with E-state index in [4.69, 9.17) is 21.4 Å². The van der Waals surface area contributed by atoms with Crippen LogP contribution in [-0.2, 0) is 15.3 Å². The molecule has 0 heterocycles. The zero-order valence-electron chi connectivity index (χ0n) is 10.3. The molecule has 1 unspecified atom stereocenters. The summed E-state index contributed by atoms with van der Waals surface area (Å²) in [5, 5.41) is 9.63. The van der Waals surface area contributed by atoms with Crippen LogP contribution in [0.3, 0.4) is 0 Å². The largest absolute Gasteiger partial charge is 0.479 e. The zero-order valence-corrected chi connectivity index (χ0v) is 11.8. The molecule has 1 atom stereocenters. The Hall–Kier alpha value is -0.710. The van der Waals surface area contributed by atoms with Crippen LogP contribution in [0.5, 0.6) is 0 Å². The van der Waals surface area contributed by atoms with Crippen LogP contribution in [0.2, 0.25) is 5.02 Å². The number of carbonyl (C=O) groups is 1. The van der Waals surface area contributed by atoms with Crippen molar-refractivity contribution in [3.05, 3.63) is 34.9 Å². The fraction of sp³-hybridized carbons (Fsp3) is 0.462. The number of halogens is 1. The minimum atomic E-state index is -0.885. The molecule has 1 aromatic rings. The number of thioether (sulfide) groups is 1. The van der Waals surface area contributed by atoms with Gasteiger partial charge in [0.25, 0.3) is 0 Å². The van der Waals surface area contributed by atoms with Crippen molar-refractivity contribution >= 4 is 29.3 Å². The van der Waals surface area contributed by atoms with Gasteiger partial charge in [0.05, 0.1) is 0 Å². The van der Waals surface area contributed by atoms with Gasteiger partial charge in [0.2, 0.25) is 0 Å². The Kier molecular flexibility index (Phi) is 7.16. The van der Waals surface area contributed by atoms with Gasteiger partial charge in [-0.15, -0.1) is 0 Å². The van der Waals surface area contributed by atoms with Gasteiger partial charge in [-0.2, -0.15) is 11.8 Å². The van der Waals surface area contributed by atoms with Crippen LogP contribution in [0.4, 0.5) is 0 Å². The molecule has 0 aromatic heterocycles. The van der Waals surface area contributed by atoms with Crippen molar-refractivity contribution in [3.63, 3.8) is 0 Å². The second-order valence-corrected chi connectivity index (χ2v) is 5.29. The van der Waals surface area contributed by atoms with E-state index in [1.807, 2.05) is 24.3 Å². The first-order chi connectivity index (χ1) is 8.63. The van der Waals surface area contributed by atoms with Crippen molar-refractivity contribution in [2.45, 2.75) is 25.2 Å². The van der Waals surface area contributed by atoms with E-state index in [-0.39, 0.29) is 0 Å². The van der Waals surface area contributed by atoms with Crippen molar-refractivity contribution in [3.8, 4) is 0 Å². The van der Waals surface area contributed by atoms with Crippen LogP contribution in [0.25, 0.3) is 0 Å². The van der Waals surface area contributed by atoms with Crippen LogP contribution in [0, 0.1) is 0 Å². The SMILES string of the molecule is CCOC(CCSCc1ccc(Cl)cc1)C(=O)O. The van der Waals surface area contributed by atoms with E-state index in [0.29, 0.717) is 13.0 Å². The molecule has 0 saturated carbocycles. The first-order valence-corrected chi connectivity index (χ1v) is 7.33. The molecule has 0 aliphatic carbocycles. The summed E-state index contributed by atoms with van der Waals surface area (Å²) >= 11 is 7.49. The highest BCUT2D eigenvalue weighted by Gasteiger charge is 2.16. The van der Waals surface area contributed by atoms with Crippen LogP contribution in [0.15, 0.2) is 24.3 Å². The van der Waals surface area contributed by atoms with E-state index in [2.05, 4.69) is 0 Å². The number of benzene rings is 1. The molecule has 0 aliphatic heterocycles. The van der Waals surface area contributed by atoms with E-state index in [9.17, 15) is 4.79 Å². The highest BCUT2D eigenvalue weighted by atomic mass is 35.5. The lowest BCUT2D eigenvalue weighted by Gasteiger charge is -2.11. The maximum absolute atomic E-state index is 10.8. The first kappa shape index (κ1) is 15.3. The lowest BCUT2D eigenvalue weighted by atomic mass is 10.2. The highest BCUT2D eigenvalue weighted by Crippen LogP contribution is 2.17. The average molecular weight is 289 g/mol. The number of carboxylic acid groups (broad SMARTS) is 1. The van der Waals surface area contributed by atoms with E-state index in [0.717, 1.165) is 16.5 Å². The third kappa shape index (κ3) is 5.76. The van der Waals surface area contributed by atoms with E-state index < -0.39 is 12.1 Å². The monoisotopic (exact) mass is 288 g/mol. The normalized spacial score (nSPS) is 12.3. The fourth-order valence-corrected chi connectivity index (χ4v) is 2.52. The summed E-state index contributed by atoms with van der Waals surface area (Å²) in [4.78, 5) is 10.8. The molecule has 0 amide bonds. The molecule has 0 aliphatic rings. The van der Waals surface area contributed by atoms with Gasteiger partial charge in [0.1, 0.15) is 0 Å². The zero-order chi connectivity index (χ0) is 13.4.